The first-order valence-corrected chi connectivity index (χ1v) is 3.73. The van der Waals surface area contributed by atoms with Crippen molar-refractivity contribution in [1.82, 2.24) is 0 Å². The van der Waals surface area contributed by atoms with Crippen LogP contribution >= 0.6 is 11.3 Å². The van der Waals surface area contributed by atoms with E-state index in [1.165, 1.54) is 11.3 Å². The molecule has 1 heterocycles. The third-order valence-corrected chi connectivity index (χ3v) is 1.91. The summed E-state index contributed by atoms with van der Waals surface area (Å²) in [7, 11) is 0. The lowest BCUT2D eigenvalue weighted by Gasteiger charge is -2.02. The Morgan fingerprint density at radius 2 is 2.40 bits per heavy atom. The lowest BCUT2D eigenvalue weighted by atomic mass is 10.2. The zero-order chi connectivity index (χ0) is 7.56. The summed E-state index contributed by atoms with van der Waals surface area (Å²) in [4.78, 5) is 10.5. The van der Waals surface area contributed by atoms with Crippen molar-refractivity contribution in [3.63, 3.8) is 0 Å². The molecule has 0 aliphatic rings. The lowest BCUT2D eigenvalue weighted by molar-refractivity contribution is -0.119. The van der Waals surface area contributed by atoms with Crippen LogP contribution in [0.5, 0.6) is 0 Å². The first kappa shape index (κ1) is 7.24. The van der Waals surface area contributed by atoms with Gasteiger partial charge in [0.05, 0.1) is 0 Å². The largest absolute Gasteiger partial charge is 0.368 e. The quantitative estimate of drug-likeness (QED) is 0.643. The van der Waals surface area contributed by atoms with Crippen LogP contribution in [0.25, 0.3) is 0 Å². The van der Waals surface area contributed by atoms with Crippen molar-refractivity contribution in [3.05, 3.63) is 22.4 Å². The van der Waals surface area contributed by atoms with E-state index >= 15 is 0 Å². The van der Waals surface area contributed by atoms with Crippen molar-refractivity contribution >= 4 is 17.2 Å². The smallest absolute Gasteiger partial charge is 0.238 e. The number of hydrogen-bond acceptors (Lipinski definition) is 3. The lowest BCUT2D eigenvalue weighted by Crippen LogP contribution is -2.27. The van der Waals surface area contributed by atoms with Crippen LogP contribution in [-0.4, -0.2) is 5.91 Å². The Kier molecular flexibility index (Phi) is 2.03. The van der Waals surface area contributed by atoms with E-state index in [4.69, 9.17) is 11.5 Å². The van der Waals surface area contributed by atoms with Crippen molar-refractivity contribution in [2.45, 2.75) is 6.04 Å². The Balaban J connectivity index is 2.77. The minimum absolute atomic E-state index is 0.488. The molecule has 0 unspecified atom stereocenters. The van der Waals surface area contributed by atoms with Crippen molar-refractivity contribution in [3.8, 4) is 0 Å². The third-order valence-electron chi connectivity index (χ3n) is 1.21. The number of primary amides is 1. The standard InChI is InChI=1S/C6H8N2OS/c7-5(6(8)9)4-1-2-10-3-4/h1-3,5H,7H2,(H2,8,9)/t5-/m1/s1. The van der Waals surface area contributed by atoms with Crippen LogP contribution in [0.2, 0.25) is 0 Å². The fraction of sp³-hybridized carbons (Fsp3) is 0.167. The number of carbonyl (C=O) groups excluding carboxylic acids is 1. The van der Waals surface area contributed by atoms with E-state index in [1.54, 1.807) is 6.07 Å². The van der Waals surface area contributed by atoms with Gasteiger partial charge in [-0.3, -0.25) is 4.79 Å². The highest BCUT2D eigenvalue weighted by molar-refractivity contribution is 7.08. The molecule has 0 saturated heterocycles. The summed E-state index contributed by atoms with van der Waals surface area (Å²) >= 11 is 1.50. The minimum Gasteiger partial charge on any atom is -0.368 e. The van der Waals surface area contributed by atoms with E-state index in [0.717, 1.165) is 5.56 Å². The van der Waals surface area contributed by atoms with Gasteiger partial charge in [-0.15, -0.1) is 0 Å². The fourth-order valence-electron chi connectivity index (χ4n) is 0.616. The van der Waals surface area contributed by atoms with Gasteiger partial charge in [-0.25, -0.2) is 0 Å². The van der Waals surface area contributed by atoms with Crippen molar-refractivity contribution < 1.29 is 4.79 Å². The first-order chi connectivity index (χ1) is 4.72. The molecule has 1 amide bonds. The number of thiophene rings is 1. The molecule has 0 spiro atoms. The Morgan fingerprint density at radius 1 is 1.70 bits per heavy atom. The first-order valence-electron chi connectivity index (χ1n) is 2.79. The maximum absolute atomic E-state index is 10.5. The maximum Gasteiger partial charge on any atom is 0.238 e. The van der Waals surface area contributed by atoms with Gasteiger partial charge < -0.3 is 11.5 Å². The highest BCUT2D eigenvalue weighted by Gasteiger charge is 2.10. The molecule has 0 bridgehead atoms. The van der Waals surface area contributed by atoms with E-state index in [-0.39, 0.29) is 0 Å². The zero-order valence-electron chi connectivity index (χ0n) is 5.28. The third kappa shape index (κ3) is 1.34. The molecule has 1 rings (SSSR count). The topological polar surface area (TPSA) is 69.1 Å². The Bertz CT molecular complexity index is 220. The molecular formula is C6H8N2OS. The molecule has 0 aromatic carbocycles. The van der Waals surface area contributed by atoms with Crippen LogP contribution in [0.1, 0.15) is 11.6 Å². The minimum atomic E-state index is -0.647. The molecule has 0 aliphatic carbocycles. The van der Waals surface area contributed by atoms with Crippen LogP contribution < -0.4 is 11.5 Å². The van der Waals surface area contributed by atoms with Gasteiger partial charge >= 0.3 is 0 Å². The molecule has 0 fully saturated rings. The molecule has 1 aromatic rings. The summed E-state index contributed by atoms with van der Waals surface area (Å²) in [6.07, 6.45) is 0. The van der Waals surface area contributed by atoms with Gasteiger partial charge in [-0.05, 0) is 22.4 Å². The van der Waals surface area contributed by atoms with Crippen LogP contribution in [-0.2, 0) is 4.79 Å². The number of nitrogens with two attached hydrogens (primary N) is 2. The van der Waals surface area contributed by atoms with Gasteiger partial charge in [-0.2, -0.15) is 11.3 Å². The second kappa shape index (κ2) is 2.81. The van der Waals surface area contributed by atoms with E-state index in [0.29, 0.717) is 0 Å². The van der Waals surface area contributed by atoms with E-state index in [9.17, 15) is 4.79 Å². The zero-order valence-corrected chi connectivity index (χ0v) is 6.10. The highest BCUT2D eigenvalue weighted by atomic mass is 32.1. The molecule has 3 nitrogen and oxygen atoms in total. The molecule has 4 heteroatoms. The van der Waals surface area contributed by atoms with Crippen LogP contribution in [0, 0.1) is 0 Å². The maximum atomic E-state index is 10.5. The summed E-state index contributed by atoms with van der Waals surface area (Å²) in [6.45, 7) is 0. The average Bonchev–Trinajstić information content (AvgIpc) is 2.36. The number of amides is 1. The molecule has 10 heavy (non-hydrogen) atoms. The van der Waals surface area contributed by atoms with Crippen molar-refractivity contribution in [2.75, 3.05) is 0 Å². The van der Waals surface area contributed by atoms with Crippen molar-refractivity contribution in [1.29, 1.82) is 0 Å². The van der Waals surface area contributed by atoms with Gasteiger partial charge in [0.25, 0.3) is 0 Å². The Hall–Kier alpha value is -0.870. The van der Waals surface area contributed by atoms with Gasteiger partial charge in [0.15, 0.2) is 0 Å². The normalized spacial score (nSPS) is 12.9. The molecule has 4 N–H and O–H groups in total. The van der Waals surface area contributed by atoms with Gasteiger partial charge in [0, 0.05) is 0 Å². The molecule has 0 radical (unpaired) electrons. The van der Waals surface area contributed by atoms with E-state index in [1.807, 2.05) is 10.8 Å². The Labute approximate surface area is 62.6 Å². The van der Waals surface area contributed by atoms with Crippen LogP contribution in [0.15, 0.2) is 16.8 Å². The molecular weight excluding hydrogens is 148 g/mol. The number of carbonyl (C=O) groups is 1. The predicted octanol–water partition coefficient (Wildman–Crippen LogP) is 0.233. The highest BCUT2D eigenvalue weighted by Crippen LogP contribution is 2.12. The molecule has 0 aliphatic heterocycles. The van der Waals surface area contributed by atoms with Gasteiger partial charge in [-0.1, -0.05) is 0 Å². The summed E-state index contributed by atoms with van der Waals surface area (Å²) in [5.74, 6) is -0.488. The van der Waals surface area contributed by atoms with Crippen molar-refractivity contribution in [2.24, 2.45) is 11.5 Å². The SMILES string of the molecule is NC(=O)[C@H](N)c1ccsc1. The number of rotatable bonds is 2. The second-order valence-electron chi connectivity index (χ2n) is 1.94. The van der Waals surface area contributed by atoms with E-state index < -0.39 is 11.9 Å². The van der Waals surface area contributed by atoms with Crippen LogP contribution in [0.4, 0.5) is 0 Å². The summed E-state index contributed by atoms with van der Waals surface area (Å²) in [6, 6.07) is 1.14. The molecule has 0 saturated carbocycles. The Morgan fingerprint density at radius 3 is 2.80 bits per heavy atom. The predicted molar refractivity (Wildman–Crippen MR) is 40.4 cm³/mol. The average molecular weight is 156 g/mol. The molecule has 1 atom stereocenters. The van der Waals surface area contributed by atoms with E-state index in [2.05, 4.69) is 0 Å². The molecule has 1 aromatic heterocycles. The summed E-state index contributed by atoms with van der Waals surface area (Å²) in [5, 5.41) is 3.67. The second-order valence-corrected chi connectivity index (χ2v) is 2.72. The summed E-state index contributed by atoms with van der Waals surface area (Å²) < 4.78 is 0. The van der Waals surface area contributed by atoms with Crippen LogP contribution in [0.3, 0.4) is 0 Å². The monoisotopic (exact) mass is 156 g/mol. The summed E-state index contributed by atoms with van der Waals surface area (Å²) in [5.41, 5.74) is 11.2. The molecule has 54 valence electrons. The van der Waals surface area contributed by atoms with Gasteiger partial charge in [0.2, 0.25) is 5.91 Å². The fourth-order valence-corrected chi connectivity index (χ4v) is 1.31. The van der Waals surface area contributed by atoms with Gasteiger partial charge in [0.1, 0.15) is 6.04 Å². The number of hydrogen-bond donors (Lipinski definition) is 2.